The molecule has 156 valence electrons. The van der Waals surface area contributed by atoms with Gasteiger partial charge in [0.25, 0.3) is 0 Å². The second-order valence-electron chi connectivity index (χ2n) is 7.47. The van der Waals surface area contributed by atoms with Crippen molar-refractivity contribution >= 4 is 52.5 Å². The van der Waals surface area contributed by atoms with Gasteiger partial charge >= 0.3 is 0 Å². The minimum absolute atomic E-state index is 0.0747. The van der Waals surface area contributed by atoms with Crippen molar-refractivity contribution in [3.05, 3.63) is 53.6 Å². The van der Waals surface area contributed by atoms with Crippen LogP contribution in [-0.4, -0.2) is 41.0 Å². The first-order chi connectivity index (χ1) is 14.5. The Labute approximate surface area is 184 Å². The number of hydrogen-bond acceptors (Lipinski definition) is 4. The van der Waals surface area contributed by atoms with Gasteiger partial charge in [-0.15, -0.1) is 11.8 Å². The summed E-state index contributed by atoms with van der Waals surface area (Å²) in [4.78, 5) is 40.6. The van der Waals surface area contributed by atoms with Gasteiger partial charge in [0.15, 0.2) is 0 Å². The minimum Gasteiger partial charge on any atom is -0.342 e. The van der Waals surface area contributed by atoms with Gasteiger partial charge in [0, 0.05) is 35.1 Å². The molecule has 4 rings (SSSR count). The van der Waals surface area contributed by atoms with Crippen LogP contribution in [0.4, 0.5) is 11.4 Å². The number of anilines is 2. The van der Waals surface area contributed by atoms with Crippen molar-refractivity contribution in [3.63, 3.8) is 0 Å². The van der Waals surface area contributed by atoms with Crippen LogP contribution in [0.5, 0.6) is 0 Å². The maximum atomic E-state index is 12.9. The zero-order valence-electron chi connectivity index (χ0n) is 16.3. The topological polar surface area (TPSA) is 78.5 Å². The maximum absolute atomic E-state index is 12.9. The van der Waals surface area contributed by atoms with E-state index in [1.165, 1.54) is 11.8 Å². The number of likely N-dealkylation sites (tertiary alicyclic amines) is 1. The first kappa shape index (κ1) is 20.8. The Hall–Kier alpha value is -2.51. The lowest BCUT2D eigenvalue weighted by molar-refractivity contribution is -0.135. The molecular weight excluding hydrogens is 422 g/mol. The zero-order valence-corrected chi connectivity index (χ0v) is 17.8. The van der Waals surface area contributed by atoms with Crippen molar-refractivity contribution in [2.24, 2.45) is 5.92 Å². The zero-order chi connectivity index (χ0) is 21.1. The van der Waals surface area contributed by atoms with Gasteiger partial charge < -0.3 is 15.5 Å². The number of nitrogens with zero attached hydrogens (tertiary/aromatic N) is 1. The quantitative estimate of drug-likeness (QED) is 0.748. The number of hydrogen-bond donors (Lipinski definition) is 2. The molecule has 0 spiro atoms. The highest BCUT2D eigenvalue weighted by Crippen LogP contribution is 2.38. The molecule has 0 aliphatic carbocycles. The standard InChI is InChI=1S/C22H22ClN3O3S/c23-15-8-9-18-17(11-15)25-22(29)19(30-18)12-20(27)26-10-4-5-14(13-26)21(28)24-16-6-2-1-3-7-16/h1-3,6-9,11,14,19H,4-5,10,12-13H2,(H,24,28)(H,25,29)/t14-,19+/m1/s1. The van der Waals surface area contributed by atoms with Crippen molar-refractivity contribution in [2.75, 3.05) is 23.7 Å². The third-order valence-electron chi connectivity index (χ3n) is 5.31. The van der Waals surface area contributed by atoms with Crippen molar-refractivity contribution in [1.29, 1.82) is 0 Å². The first-order valence-electron chi connectivity index (χ1n) is 9.90. The molecule has 2 atom stereocenters. The normalized spacial score (nSPS) is 20.8. The van der Waals surface area contributed by atoms with Gasteiger partial charge in [0.1, 0.15) is 0 Å². The molecule has 30 heavy (non-hydrogen) atoms. The Morgan fingerprint density at radius 2 is 2.00 bits per heavy atom. The van der Waals surface area contributed by atoms with Crippen LogP contribution in [0.15, 0.2) is 53.4 Å². The Morgan fingerprint density at radius 1 is 1.20 bits per heavy atom. The average molecular weight is 444 g/mol. The Bertz CT molecular complexity index is 969. The molecule has 0 saturated carbocycles. The Balaban J connectivity index is 1.36. The number of para-hydroxylation sites is 1. The van der Waals surface area contributed by atoms with Crippen molar-refractivity contribution < 1.29 is 14.4 Å². The monoisotopic (exact) mass is 443 g/mol. The Kier molecular flexibility index (Phi) is 6.29. The molecule has 0 aromatic heterocycles. The van der Waals surface area contributed by atoms with Gasteiger partial charge in [-0.2, -0.15) is 0 Å². The Morgan fingerprint density at radius 3 is 2.80 bits per heavy atom. The lowest BCUT2D eigenvalue weighted by Gasteiger charge is -2.33. The SMILES string of the molecule is O=C(Nc1ccccc1)[C@@H]1CCCN(C(=O)C[C@@H]2Sc3ccc(Cl)cc3NC2=O)C1. The second-order valence-corrected chi connectivity index (χ2v) is 9.16. The average Bonchev–Trinajstić information content (AvgIpc) is 2.75. The fraction of sp³-hybridized carbons (Fsp3) is 0.318. The molecule has 1 fully saturated rings. The third kappa shape index (κ3) is 4.79. The van der Waals surface area contributed by atoms with Crippen molar-refractivity contribution in [1.82, 2.24) is 4.90 Å². The first-order valence-corrected chi connectivity index (χ1v) is 11.2. The molecule has 0 bridgehead atoms. The lowest BCUT2D eigenvalue weighted by Crippen LogP contribution is -2.45. The van der Waals surface area contributed by atoms with E-state index in [0.717, 1.165) is 23.4 Å². The molecule has 1 saturated heterocycles. The molecule has 0 radical (unpaired) electrons. The highest BCUT2D eigenvalue weighted by Gasteiger charge is 2.33. The summed E-state index contributed by atoms with van der Waals surface area (Å²) in [6, 6.07) is 14.6. The molecule has 2 heterocycles. The van der Waals surface area contributed by atoms with E-state index in [1.54, 1.807) is 17.0 Å². The van der Waals surface area contributed by atoms with E-state index in [2.05, 4.69) is 10.6 Å². The summed E-state index contributed by atoms with van der Waals surface area (Å²) in [6.07, 6.45) is 1.62. The van der Waals surface area contributed by atoms with Crippen LogP contribution in [-0.2, 0) is 14.4 Å². The number of nitrogens with one attached hydrogen (secondary N) is 2. The summed E-state index contributed by atoms with van der Waals surface area (Å²) in [5, 5.41) is 5.81. The van der Waals surface area contributed by atoms with Gasteiger partial charge in [-0.25, -0.2) is 0 Å². The molecule has 8 heteroatoms. The molecule has 2 aliphatic heterocycles. The number of fused-ring (bicyclic) bond motifs is 1. The highest BCUT2D eigenvalue weighted by molar-refractivity contribution is 8.01. The van der Waals surface area contributed by atoms with Crippen LogP contribution in [0, 0.1) is 5.92 Å². The summed E-state index contributed by atoms with van der Waals surface area (Å²) in [5.41, 5.74) is 1.43. The van der Waals surface area contributed by atoms with Gasteiger partial charge in [-0.1, -0.05) is 29.8 Å². The van der Waals surface area contributed by atoms with E-state index in [1.807, 2.05) is 36.4 Å². The van der Waals surface area contributed by atoms with E-state index in [4.69, 9.17) is 11.6 Å². The third-order valence-corrected chi connectivity index (χ3v) is 6.82. The summed E-state index contributed by atoms with van der Waals surface area (Å²) < 4.78 is 0. The fourth-order valence-corrected chi connectivity index (χ4v) is 4.98. The number of halogens is 1. The summed E-state index contributed by atoms with van der Waals surface area (Å²) in [5.74, 6) is -0.622. The summed E-state index contributed by atoms with van der Waals surface area (Å²) >= 11 is 7.36. The van der Waals surface area contributed by atoms with Gasteiger partial charge in [0.05, 0.1) is 16.9 Å². The number of carbonyl (C=O) groups excluding carboxylic acids is 3. The van der Waals surface area contributed by atoms with E-state index < -0.39 is 5.25 Å². The molecular formula is C22H22ClN3O3S. The number of rotatable bonds is 4. The van der Waals surface area contributed by atoms with E-state index in [9.17, 15) is 14.4 Å². The van der Waals surface area contributed by atoms with Crippen molar-refractivity contribution in [3.8, 4) is 0 Å². The van der Waals surface area contributed by atoms with Crippen LogP contribution in [0.25, 0.3) is 0 Å². The van der Waals surface area contributed by atoms with Crippen LogP contribution < -0.4 is 10.6 Å². The number of piperidine rings is 1. The van der Waals surface area contributed by atoms with E-state index >= 15 is 0 Å². The molecule has 2 N–H and O–H groups in total. The molecule has 3 amide bonds. The number of amides is 3. The van der Waals surface area contributed by atoms with Crippen molar-refractivity contribution in [2.45, 2.75) is 29.4 Å². The number of thioether (sulfide) groups is 1. The van der Waals surface area contributed by atoms with Gasteiger partial charge in [0.2, 0.25) is 17.7 Å². The predicted octanol–water partition coefficient (Wildman–Crippen LogP) is 4.02. The van der Waals surface area contributed by atoms with Gasteiger partial charge in [-0.3, -0.25) is 14.4 Å². The number of carbonyl (C=O) groups is 3. The van der Waals surface area contributed by atoms with Crippen LogP contribution >= 0.6 is 23.4 Å². The van der Waals surface area contributed by atoms with Crippen LogP contribution in [0.3, 0.4) is 0 Å². The molecule has 0 unspecified atom stereocenters. The molecule has 2 aromatic rings. The largest absolute Gasteiger partial charge is 0.342 e. The van der Waals surface area contributed by atoms with E-state index in [-0.39, 0.29) is 30.1 Å². The highest BCUT2D eigenvalue weighted by atomic mass is 35.5. The molecule has 2 aliphatic rings. The second kappa shape index (κ2) is 9.10. The lowest BCUT2D eigenvalue weighted by atomic mass is 9.96. The molecule has 2 aromatic carbocycles. The molecule has 6 nitrogen and oxygen atoms in total. The van der Waals surface area contributed by atoms with Crippen LogP contribution in [0.1, 0.15) is 19.3 Å². The van der Waals surface area contributed by atoms with Crippen LogP contribution in [0.2, 0.25) is 5.02 Å². The summed E-state index contributed by atoms with van der Waals surface area (Å²) in [6.45, 7) is 0.988. The minimum atomic E-state index is -0.496. The predicted molar refractivity (Wildman–Crippen MR) is 119 cm³/mol. The maximum Gasteiger partial charge on any atom is 0.238 e. The van der Waals surface area contributed by atoms with Gasteiger partial charge in [-0.05, 0) is 43.2 Å². The van der Waals surface area contributed by atoms with E-state index in [0.29, 0.717) is 23.8 Å². The smallest absolute Gasteiger partial charge is 0.238 e. The number of benzene rings is 2. The fourth-order valence-electron chi connectivity index (χ4n) is 3.73. The summed E-state index contributed by atoms with van der Waals surface area (Å²) in [7, 11) is 0.